The van der Waals surface area contributed by atoms with Crippen molar-refractivity contribution in [1.82, 2.24) is 5.32 Å². The SMILES string of the molecule is CC[C@@H](C)C(=O)N[C@H]1CN(C(=O)CS(C)(=O)=O)c2ccccc2N(Cc2c(OC)ccc3ccccc23)C1=O. The summed E-state index contributed by atoms with van der Waals surface area (Å²) in [4.78, 5) is 43.2. The number of nitrogens with one attached hydrogen (secondary N) is 1. The van der Waals surface area contributed by atoms with Crippen LogP contribution in [-0.4, -0.2) is 57.8 Å². The maximum atomic E-state index is 14.2. The number of ether oxygens (including phenoxy) is 1. The summed E-state index contributed by atoms with van der Waals surface area (Å²) >= 11 is 0. The van der Waals surface area contributed by atoms with Gasteiger partial charge in [0, 0.05) is 17.7 Å². The summed E-state index contributed by atoms with van der Waals surface area (Å²) in [5, 5.41) is 4.69. The highest BCUT2D eigenvalue weighted by Crippen LogP contribution is 2.37. The quantitative estimate of drug-likeness (QED) is 0.460. The van der Waals surface area contributed by atoms with E-state index in [1.165, 1.54) is 9.80 Å². The minimum Gasteiger partial charge on any atom is -0.496 e. The molecule has 1 aliphatic heterocycles. The molecule has 10 heteroatoms. The number of fused-ring (bicyclic) bond motifs is 2. The van der Waals surface area contributed by atoms with E-state index in [1.54, 1.807) is 38.3 Å². The molecule has 1 aliphatic rings. The number of rotatable bonds is 8. The van der Waals surface area contributed by atoms with E-state index in [2.05, 4.69) is 5.32 Å². The first-order valence-corrected chi connectivity index (χ1v) is 14.8. The van der Waals surface area contributed by atoms with Gasteiger partial charge in [-0.05, 0) is 35.4 Å². The van der Waals surface area contributed by atoms with Gasteiger partial charge in [0.25, 0.3) is 5.91 Å². The number of carbonyl (C=O) groups excluding carboxylic acids is 3. The fraction of sp³-hybridized carbons (Fsp3) is 0.345. The molecule has 0 radical (unpaired) electrons. The largest absolute Gasteiger partial charge is 0.496 e. The molecular weight excluding hydrogens is 518 g/mol. The molecule has 2 atom stereocenters. The summed E-state index contributed by atoms with van der Waals surface area (Å²) in [6.45, 7) is 3.53. The Balaban J connectivity index is 1.87. The van der Waals surface area contributed by atoms with Crippen molar-refractivity contribution in [2.75, 3.05) is 35.5 Å². The highest BCUT2D eigenvalue weighted by molar-refractivity contribution is 7.91. The Morgan fingerprint density at radius 2 is 1.72 bits per heavy atom. The zero-order valence-corrected chi connectivity index (χ0v) is 23.3. The fourth-order valence-corrected chi connectivity index (χ4v) is 5.33. The van der Waals surface area contributed by atoms with Crippen molar-refractivity contribution in [3.63, 3.8) is 0 Å². The van der Waals surface area contributed by atoms with Gasteiger partial charge in [0.05, 0.1) is 31.6 Å². The number of hydrogen-bond acceptors (Lipinski definition) is 6. The van der Waals surface area contributed by atoms with Crippen LogP contribution in [0.25, 0.3) is 10.8 Å². The van der Waals surface area contributed by atoms with Crippen LogP contribution in [0.15, 0.2) is 60.7 Å². The van der Waals surface area contributed by atoms with Crippen LogP contribution in [0.5, 0.6) is 5.75 Å². The molecule has 3 aromatic rings. The number of sulfone groups is 1. The fourth-order valence-electron chi connectivity index (χ4n) is 4.72. The van der Waals surface area contributed by atoms with E-state index in [9.17, 15) is 22.8 Å². The second-order valence-electron chi connectivity index (χ2n) is 9.83. The first-order chi connectivity index (χ1) is 18.5. The van der Waals surface area contributed by atoms with Crippen molar-refractivity contribution < 1.29 is 27.5 Å². The number of para-hydroxylation sites is 2. The standard InChI is InChI=1S/C29H33N3O6S/c1-5-19(2)28(34)30-23-17-31(27(33)18-39(4,36)37)24-12-8-9-13-25(24)32(29(23)35)16-22-21-11-7-6-10-20(21)14-15-26(22)38-3/h6-15,19,23H,5,16-18H2,1-4H3,(H,30,34)/t19-,23+/m1/s1. The van der Waals surface area contributed by atoms with Crippen LogP contribution in [0.3, 0.4) is 0 Å². The summed E-state index contributed by atoms with van der Waals surface area (Å²) in [6, 6.07) is 17.3. The smallest absolute Gasteiger partial charge is 0.251 e. The van der Waals surface area contributed by atoms with Crippen molar-refractivity contribution in [1.29, 1.82) is 0 Å². The van der Waals surface area contributed by atoms with Crippen LogP contribution in [0.2, 0.25) is 0 Å². The Morgan fingerprint density at radius 3 is 2.38 bits per heavy atom. The molecule has 0 unspecified atom stereocenters. The van der Waals surface area contributed by atoms with Crippen LogP contribution in [0.1, 0.15) is 25.8 Å². The van der Waals surface area contributed by atoms with Gasteiger partial charge in [-0.1, -0.05) is 56.3 Å². The number of carbonyl (C=O) groups is 3. The zero-order chi connectivity index (χ0) is 28.3. The molecule has 0 bridgehead atoms. The molecule has 3 amide bonds. The lowest BCUT2D eigenvalue weighted by Gasteiger charge is -2.27. The molecule has 3 aromatic carbocycles. The van der Waals surface area contributed by atoms with Gasteiger partial charge in [0.1, 0.15) is 17.5 Å². The molecule has 1 heterocycles. The Bertz CT molecular complexity index is 1520. The number of amides is 3. The highest BCUT2D eigenvalue weighted by Gasteiger charge is 2.38. The molecule has 0 aliphatic carbocycles. The van der Waals surface area contributed by atoms with Gasteiger partial charge in [-0.25, -0.2) is 8.42 Å². The molecular formula is C29H33N3O6S. The van der Waals surface area contributed by atoms with E-state index in [-0.39, 0.29) is 24.9 Å². The minimum atomic E-state index is -3.65. The molecule has 4 rings (SSSR count). The van der Waals surface area contributed by atoms with Gasteiger partial charge >= 0.3 is 0 Å². The summed E-state index contributed by atoms with van der Waals surface area (Å²) in [5.41, 5.74) is 1.58. The lowest BCUT2D eigenvalue weighted by molar-refractivity contribution is -0.129. The molecule has 0 spiro atoms. The molecule has 0 fully saturated rings. The molecule has 0 saturated heterocycles. The van der Waals surface area contributed by atoms with Gasteiger partial charge in [-0.2, -0.15) is 0 Å². The first-order valence-electron chi connectivity index (χ1n) is 12.8. The summed E-state index contributed by atoms with van der Waals surface area (Å²) in [6.07, 6.45) is 1.56. The van der Waals surface area contributed by atoms with Crippen LogP contribution in [0, 0.1) is 5.92 Å². The van der Waals surface area contributed by atoms with Crippen molar-refractivity contribution >= 4 is 49.7 Å². The van der Waals surface area contributed by atoms with Crippen LogP contribution in [0.4, 0.5) is 11.4 Å². The highest BCUT2D eigenvalue weighted by atomic mass is 32.2. The van der Waals surface area contributed by atoms with Gasteiger partial charge < -0.3 is 19.9 Å². The molecule has 9 nitrogen and oxygen atoms in total. The van der Waals surface area contributed by atoms with Crippen LogP contribution < -0.4 is 19.9 Å². The zero-order valence-electron chi connectivity index (χ0n) is 22.5. The predicted molar refractivity (Wildman–Crippen MR) is 152 cm³/mol. The van der Waals surface area contributed by atoms with Gasteiger partial charge in [-0.15, -0.1) is 0 Å². The first kappa shape index (κ1) is 28.1. The average Bonchev–Trinajstić information content (AvgIpc) is 3.02. The van der Waals surface area contributed by atoms with E-state index >= 15 is 0 Å². The second kappa shape index (κ2) is 11.4. The third-order valence-electron chi connectivity index (χ3n) is 6.99. The predicted octanol–water partition coefficient (Wildman–Crippen LogP) is 3.30. The third kappa shape index (κ3) is 6.06. The van der Waals surface area contributed by atoms with E-state index in [0.29, 0.717) is 23.5 Å². The number of hydrogen-bond donors (Lipinski definition) is 1. The number of nitrogens with zero attached hydrogens (tertiary/aromatic N) is 2. The maximum Gasteiger partial charge on any atom is 0.251 e. The number of benzene rings is 3. The average molecular weight is 552 g/mol. The topological polar surface area (TPSA) is 113 Å². The lowest BCUT2D eigenvalue weighted by Crippen LogP contribution is -2.54. The third-order valence-corrected chi connectivity index (χ3v) is 7.76. The summed E-state index contributed by atoms with van der Waals surface area (Å²) < 4.78 is 29.7. The monoisotopic (exact) mass is 551 g/mol. The van der Waals surface area contributed by atoms with Crippen LogP contribution in [-0.2, 0) is 30.8 Å². The van der Waals surface area contributed by atoms with Crippen LogP contribution >= 0.6 is 0 Å². The van der Waals surface area contributed by atoms with E-state index in [1.807, 2.05) is 43.3 Å². The van der Waals surface area contributed by atoms with Gasteiger partial charge in [0.15, 0.2) is 9.84 Å². The van der Waals surface area contributed by atoms with Crippen molar-refractivity contribution in [3.05, 3.63) is 66.2 Å². The Labute approximate surface area is 228 Å². The van der Waals surface area contributed by atoms with E-state index < -0.39 is 33.4 Å². The second-order valence-corrected chi connectivity index (χ2v) is 12.0. The summed E-state index contributed by atoms with van der Waals surface area (Å²) in [7, 11) is -2.09. The molecule has 0 saturated carbocycles. The normalized spacial score (nSPS) is 16.4. The minimum absolute atomic E-state index is 0.101. The van der Waals surface area contributed by atoms with E-state index in [4.69, 9.17) is 4.74 Å². The van der Waals surface area contributed by atoms with Crippen molar-refractivity contribution in [3.8, 4) is 5.75 Å². The lowest BCUT2D eigenvalue weighted by atomic mass is 10.0. The molecule has 1 N–H and O–H groups in total. The summed E-state index contributed by atoms with van der Waals surface area (Å²) in [5.74, 6) is -1.89. The number of methoxy groups -OCH3 is 1. The van der Waals surface area contributed by atoms with Crippen molar-refractivity contribution in [2.24, 2.45) is 5.92 Å². The molecule has 206 valence electrons. The van der Waals surface area contributed by atoms with Crippen molar-refractivity contribution in [2.45, 2.75) is 32.9 Å². The molecule has 0 aromatic heterocycles. The van der Waals surface area contributed by atoms with Gasteiger partial charge in [0.2, 0.25) is 11.8 Å². The number of anilines is 2. The Morgan fingerprint density at radius 1 is 1.05 bits per heavy atom. The van der Waals surface area contributed by atoms with Gasteiger partial charge in [-0.3, -0.25) is 14.4 Å². The Hall–Kier alpha value is -3.92. The Kier molecular flexibility index (Phi) is 8.25. The van der Waals surface area contributed by atoms with E-state index in [0.717, 1.165) is 22.6 Å². The molecule has 39 heavy (non-hydrogen) atoms. The maximum absolute atomic E-state index is 14.2.